The third kappa shape index (κ3) is 4.08. The molecule has 0 saturated carbocycles. The van der Waals surface area contributed by atoms with Gasteiger partial charge in [0.1, 0.15) is 17.4 Å². The average Bonchev–Trinajstić information content (AvgIpc) is 3.44. The van der Waals surface area contributed by atoms with Crippen molar-refractivity contribution in [2.24, 2.45) is 0 Å². The van der Waals surface area contributed by atoms with Crippen LogP contribution in [-0.4, -0.2) is 22.3 Å². The number of benzene rings is 3. The standard InChI is InChI=1S/C26H23FN2O2/c27-21-9-4-8-19(16-21)20-12-13-24-22(17-20)28-26(31-24)23-10-5-15-29(23)25(30)14-11-18-6-2-1-3-7-18/h1-4,6-9,12-13,16-17,23H,5,10-11,14-15H2/t23-/m1/s1. The van der Waals surface area contributed by atoms with Gasteiger partial charge in [-0.25, -0.2) is 9.37 Å². The number of rotatable bonds is 5. The molecule has 1 atom stereocenters. The van der Waals surface area contributed by atoms with Gasteiger partial charge in [0.2, 0.25) is 11.8 Å². The van der Waals surface area contributed by atoms with Crippen molar-refractivity contribution in [1.29, 1.82) is 0 Å². The molecule has 0 aliphatic carbocycles. The Kier molecular flexibility index (Phi) is 5.24. The predicted octanol–water partition coefficient (Wildman–Crippen LogP) is 5.93. The van der Waals surface area contributed by atoms with Crippen LogP contribution in [0.5, 0.6) is 0 Å². The maximum Gasteiger partial charge on any atom is 0.223 e. The zero-order valence-electron chi connectivity index (χ0n) is 17.1. The summed E-state index contributed by atoms with van der Waals surface area (Å²) in [6, 6.07) is 22.1. The quantitative estimate of drug-likeness (QED) is 0.407. The molecule has 1 saturated heterocycles. The maximum absolute atomic E-state index is 13.6. The Hall–Kier alpha value is -3.47. The summed E-state index contributed by atoms with van der Waals surface area (Å²) in [5.74, 6) is 0.445. The predicted molar refractivity (Wildman–Crippen MR) is 118 cm³/mol. The highest BCUT2D eigenvalue weighted by molar-refractivity contribution is 5.81. The van der Waals surface area contributed by atoms with Crippen LogP contribution in [0, 0.1) is 5.82 Å². The second kappa shape index (κ2) is 8.34. The minimum atomic E-state index is -0.269. The number of likely N-dealkylation sites (tertiary alicyclic amines) is 1. The van der Waals surface area contributed by atoms with Crippen LogP contribution in [0.4, 0.5) is 4.39 Å². The number of amides is 1. The zero-order valence-corrected chi connectivity index (χ0v) is 17.1. The monoisotopic (exact) mass is 414 g/mol. The molecule has 31 heavy (non-hydrogen) atoms. The summed E-state index contributed by atoms with van der Waals surface area (Å²) in [5, 5.41) is 0. The van der Waals surface area contributed by atoms with E-state index in [-0.39, 0.29) is 17.8 Å². The molecule has 1 amide bonds. The second-order valence-corrected chi connectivity index (χ2v) is 7.98. The Bertz CT molecular complexity index is 1220. The van der Waals surface area contributed by atoms with Gasteiger partial charge in [0.15, 0.2) is 5.58 Å². The van der Waals surface area contributed by atoms with Gasteiger partial charge in [0.05, 0.1) is 0 Å². The van der Waals surface area contributed by atoms with E-state index in [0.29, 0.717) is 17.9 Å². The first-order chi connectivity index (χ1) is 15.2. The fraction of sp³-hybridized carbons (Fsp3) is 0.231. The van der Waals surface area contributed by atoms with Crippen molar-refractivity contribution < 1.29 is 13.6 Å². The minimum absolute atomic E-state index is 0.131. The lowest BCUT2D eigenvalue weighted by atomic mass is 10.1. The van der Waals surface area contributed by atoms with Crippen molar-refractivity contribution in [3.8, 4) is 11.1 Å². The van der Waals surface area contributed by atoms with E-state index in [2.05, 4.69) is 0 Å². The molecular formula is C26H23FN2O2. The molecule has 0 N–H and O–H groups in total. The molecule has 0 radical (unpaired) electrons. The number of hydrogen-bond acceptors (Lipinski definition) is 3. The van der Waals surface area contributed by atoms with E-state index in [9.17, 15) is 9.18 Å². The van der Waals surface area contributed by atoms with Crippen LogP contribution in [0.25, 0.3) is 22.2 Å². The van der Waals surface area contributed by atoms with Gasteiger partial charge in [-0.1, -0.05) is 48.5 Å². The van der Waals surface area contributed by atoms with E-state index in [1.807, 2.05) is 59.5 Å². The number of carbonyl (C=O) groups is 1. The van der Waals surface area contributed by atoms with Crippen LogP contribution >= 0.6 is 0 Å². The van der Waals surface area contributed by atoms with Crippen LogP contribution in [0.15, 0.2) is 77.2 Å². The van der Waals surface area contributed by atoms with Crippen molar-refractivity contribution >= 4 is 17.0 Å². The third-order valence-electron chi connectivity index (χ3n) is 5.89. The molecule has 5 heteroatoms. The molecule has 4 aromatic rings. The highest BCUT2D eigenvalue weighted by Gasteiger charge is 2.33. The van der Waals surface area contributed by atoms with Crippen LogP contribution in [0.2, 0.25) is 0 Å². The molecule has 0 spiro atoms. The van der Waals surface area contributed by atoms with Gasteiger partial charge >= 0.3 is 0 Å². The number of oxazole rings is 1. The van der Waals surface area contributed by atoms with E-state index >= 15 is 0 Å². The number of hydrogen-bond donors (Lipinski definition) is 0. The molecule has 156 valence electrons. The van der Waals surface area contributed by atoms with Gasteiger partial charge in [-0.3, -0.25) is 4.79 Å². The topological polar surface area (TPSA) is 46.3 Å². The highest BCUT2D eigenvalue weighted by Crippen LogP contribution is 2.35. The van der Waals surface area contributed by atoms with Crippen molar-refractivity contribution in [3.05, 3.63) is 90.1 Å². The van der Waals surface area contributed by atoms with Crippen LogP contribution < -0.4 is 0 Å². The van der Waals surface area contributed by atoms with Crippen LogP contribution in [0.3, 0.4) is 0 Å². The van der Waals surface area contributed by atoms with E-state index in [4.69, 9.17) is 9.40 Å². The molecular weight excluding hydrogens is 391 g/mol. The third-order valence-corrected chi connectivity index (χ3v) is 5.89. The number of carbonyl (C=O) groups excluding carboxylic acids is 1. The molecule has 1 aliphatic heterocycles. The normalized spacial score (nSPS) is 16.2. The van der Waals surface area contributed by atoms with E-state index in [0.717, 1.165) is 42.5 Å². The van der Waals surface area contributed by atoms with Gasteiger partial charge in [-0.05, 0) is 60.2 Å². The van der Waals surface area contributed by atoms with Gasteiger partial charge in [0, 0.05) is 13.0 Å². The summed E-state index contributed by atoms with van der Waals surface area (Å²) in [6.45, 7) is 0.728. The average molecular weight is 414 g/mol. The van der Waals surface area contributed by atoms with E-state index < -0.39 is 0 Å². The van der Waals surface area contributed by atoms with Gasteiger partial charge in [0.25, 0.3) is 0 Å². The van der Waals surface area contributed by atoms with Crippen LogP contribution in [-0.2, 0) is 11.2 Å². The molecule has 1 aliphatic rings. The largest absolute Gasteiger partial charge is 0.438 e. The number of halogens is 1. The number of nitrogens with zero attached hydrogens (tertiary/aromatic N) is 2. The Labute approximate surface area is 180 Å². The first kappa shape index (κ1) is 19.5. The molecule has 4 nitrogen and oxygen atoms in total. The minimum Gasteiger partial charge on any atom is -0.438 e. The van der Waals surface area contributed by atoms with Crippen molar-refractivity contribution in [2.75, 3.05) is 6.54 Å². The first-order valence-electron chi connectivity index (χ1n) is 10.7. The summed E-state index contributed by atoms with van der Waals surface area (Å²) in [7, 11) is 0. The highest BCUT2D eigenvalue weighted by atomic mass is 19.1. The maximum atomic E-state index is 13.6. The zero-order chi connectivity index (χ0) is 21.2. The fourth-order valence-corrected chi connectivity index (χ4v) is 4.30. The molecule has 0 bridgehead atoms. The second-order valence-electron chi connectivity index (χ2n) is 7.98. The Morgan fingerprint density at radius 2 is 1.87 bits per heavy atom. The Morgan fingerprint density at radius 1 is 1.03 bits per heavy atom. The van der Waals surface area contributed by atoms with Crippen molar-refractivity contribution in [2.45, 2.75) is 31.7 Å². The first-order valence-corrected chi connectivity index (χ1v) is 10.7. The van der Waals surface area contributed by atoms with Crippen LogP contribution in [0.1, 0.15) is 36.8 Å². The molecule has 1 fully saturated rings. The van der Waals surface area contributed by atoms with Gasteiger partial charge in [-0.15, -0.1) is 0 Å². The Balaban J connectivity index is 1.36. The number of fused-ring (bicyclic) bond motifs is 1. The Morgan fingerprint density at radius 3 is 2.71 bits per heavy atom. The summed E-state index contributed by atoms with van der Waals surface area (Å²) in [5.41, 5.74) is 4.25. The van der Waals surface area contributed by atoms with Crippen molar-refractivity contribution in [3.63, 3.8) is 0 Å². The lowest BCUT2D eigenvalue weighted by Crippen LogP contribution is -2.30. The summed E-state index contributed by atoms with van der Waals surface area (Å²) >= 11 is 0. The molecule has 3 aromatic carbocycles. The van der Waals surface area contributed by atoms with E-state index in [1.165, 1.54) is 17.7 Å². The molecule has 5 rings (SSSR count). The lowest BCUT2D eigenvalue weighted by molar-refractivity contribution is -0.132. The molecule has 0 unspecified atom stereocenters. The van der Waals surface area contributed by atoms with Crippen molar-refractivity contribution in [1.82, 2.24) is 9.88 Å². The summed E-state index contributed by atoms with van der Waals surface area (Å²) in [6.07, 6.45) is 2.99. The summed E-state index contributed by atoms with van der Waals surface area (Å²) in [4.78, 5) is 19.5. The van der Waals surface area contributed by atoms with Gasteiger partial charge in [-0.2, -0.15) is 0 Å². The number of aromatic nitrogens is 1. The lowest BCUT2D eigenvalue weighted by Gasteiger charge is -2.22. The molecule has 2 heterocycles. The summed E-state index contributed by atoms with van der Waals surface area (Å²) < 4.78 is 19.6. The number of aryl methyl sites for hydroxylation is 1. The molecule has 1 aromatic heterocycles. The SMILES string of the molecule is O=C(CCc1ccccc1)N1CCC[C@@H]1c1nc2cc(-c3cccc(F)c3)ccc2o1. The fourth-order valence-electron chi connectivity index (χ4n) is 4.30. The van der Waals surface area contributed by atoms with E-state index in [1.54, 1.807) is 6.07 Å². The smallest absolute Gasteiger partial charge is 0.223 e. The van der Waals surface area contributed by atoms with Gasteiger partial charge < -0.3 is 9.32 Å².